The van der Waals surface area contributed by atoms with E-state index in [0.29, 0.717) is 0 Å². The van der Waals surface area contributed by atoms with Crippen molar-refractivity contribution in [2.45, 2.75) is 31.6 Å². The lowest BCUT2D eigenvalue weighted by Gasteiger charge is -2.13. The molecule has 72 valence electrons. The van der Waals surface area contributed by atoms with Gasteiger partial charge in [-0.2, -0.15) is 0 Å². The van der Waals surface area contributed by atoms with Crippen LogP contribution in [0, 0.1) is 0 Å². The molecule has 2 N–H and O–H groups in total. The third kappa shape index (κ3) is 2.43. The van der Waals surface area contributed by atoms with E-state index in [1.165, 1.54) is 0 Å². The Kier molecular flexibility index (Phi) is 3.09. The fraction of sp³-hybridized carbons (Fsp3) is 1.00. The van der Waals surface area contributed by atoms with Gasteiger partial charge in [0.05, 0.1) is 5.25 Å². The second-order valence-corrected chi connectivity index (χ2v) is 5.67. The number of rotatable bonds is 3. The van der Waals surface area contributed by atoms with Crippen LogP contribution in [-0.2, 0) is 10.0 Å². The molecule has 0 saturated carbocycles. The van der Waals surface area contributed by atoms with E-state index in [1.54, 1.807) is 13.8 Å². The van der Waals surface area contributed by atoms with Crippen molar-refractivity contribution in [3.8, 4) is 0 Å². The first-order valence-electron chi connectivity index (χ1n) is 4.24. The van der Waals surface area contributed by atoms with Gasteiger partial charge in [0.25, 0.3) is 0 Å². The summed E-state index contributed by atoms with van der Waals surface area (Å²) < 4.78 is 25.4. The molecule has 0 aromatic carbocycles. The highest BCUT2D eigenvalue weighted by molar-refractivity contribution is 7.90. The fourth-order valence-electron chi connectivity index (χ4n) is 1.12. The van der Waals surface area contributed by atoms with Gasteiger partial charge < -0.3 is 5.32 Å². The molecule has 1 heterocycles. The molecule has 0 aromatic heterocycles. The molecule has 1 fully saturated rings. The summed E-state index contributed by atoms with van der Waals surface area (Å²) in [7, 11) is -3.07. The van der Waals surface area contributed by atoms with Crippen LogP contribution < -0.4 is 10.0 Å². The number of nitrogens with one attached hydrogen (secondary N) is 2. The van der Waals surface area contributed by atoms with Crippen molar-refractivity contribution in [1.29, 1.82) is 0 Å². The Balaban J connectivity index is 2.49. The molecule has 0 spiro atoms. The molecule has 1 aliphatic rings. The van der Waals surface area contributed by atoms with Crippen LogP contribution in [0.5, 0.6) is 0 Å². The van der Waals surface area contributed by atoms with Crippen molar-refractivity contribution in [2.24, 2.45) is 0 Å². The SMILES string of the molecule is CC(C)S(=O)(=O)N[C@H]1CCNC1. The van der Waals surface area contributed by atoms with E-state index in [1.807, 2.05) is 0 Å². The monoisotopic (exact) mass is 192 g/mol. The van der Waals surface area contributed by atoms with Crippen molar-refractivity contribution < 1.29 is 8.42 Å². The van der Waals surface area contributed by atoms with Crippen molar-refractivity contribution in [1.82, 2.24) is 10.0 Å². The maximum absolute atomic E-state index is 11.3. The van der Waals surface area contributed by atoms with Crippen LogP contribution in [0.1, 0.15) is 20.3 Å². The van der Waals surface area contributed by atoms with Crippen molar-refractivity contribution in [3.63, 3.8) is 0 Å². The Morgan fingerprint density at radius 2 is 2.17 bits per heavy atom. The first-order chi connectivity index (χ1) is 5.52. The lowest BCUT2D eigenvalue weighted by molar-refractivity contribution is 0.551. The van der Waals surface area contributed by atoms with E-state index in [9.17, 15) is 8.42 Å². The molecular formula is C7H16N2O2S. The van der Waals surface area contributed by atoms with E-state index in [2.05, 4.69) is 10.0 Å². The van der Waals surface area contributed by atoms with Gasteiger partial charge in [-0.1, -0.05) is 0 Å². The van der Waals surface area contributed by atoms with Crippen LogP contribution in [0.15, 0.2) is 0 Å². The summed E-state index contributed by atoms with van der Waals surface area (Å²) in [5.74, 6) is 0. The highest BCUT2D eigenvalue weighted by Crippen LogP contribution is 2.03. The first kappa shape index (κ1) is 9.95. The lowest BCUT2D eigenvalue weighted by atomic mass is 10.3. The van der Waals surface area contributed by atoms with E-state index in [0.717, 1.165) is 19.5 Å². The molecule has 0 unspecified atom stereocenters. The molecule has 5 heteroatoms. The van der Waals surface area contributed by atoms with Gasteiger partial charge in [0, 0.05) is 12.6 Å². The molecule has 0 bridgehead atoms. The van der Waals surface area contributed by atoms with Crippen LogP contribution in [-0.4, -0.2) is 32.8 Å². The summed E-state index contributed by atoms with van der Waals surface area (Å²) in [6.45, 7) is 5.03. The minimum absolute atomic E-state index is 0.0948. The second kappa shape index (κ2) is 3.72. The summed E-state index contributed by atoms with van der Waals surface area (Å²) in [5, 5.41) is 2.77. The van der Waals surface area contributed by atoms with Gasteiger partial charge in [-0.25, -0.2) is 13.1 Å². The van der Waals surface area contributed by atoms with Gasteiger partial charge in [0.2, 0.25) is 10.0 Å². The van der Waals surface area contributed by atoms with Gasteiger partial charge in [-0.05, 0) is 26.8 Å². The zero-order valence-corrected chi connectivity index (χ0v) is 8.32. The zero-order chi connectivity index (χ0) is 9.19. The molecule has 0 aromatic rings. The lowest BCUT2D eigenvalue weighted by Crippen LogP contribution is -2.40. The Labute approximate surface area is 73.8 Å². The van der Waals surface area contributed by atoms with Crippen LogP contribution in [0.25, 0.3) is 0 Å². The molecule has 4 nitrogen and oxygen atoms in total. The Morgan fingerprint density at radius 3 is 2.58 bits per heavy atom. The summed E-state index contributed by atoms with van der Waals surface area (Å²) >= 11 is 0. The number of sulfonamides is 1. The zero-order valence-electron chi connectivity index (χ0n) is 7.50. The predicted octanol–water partition coefficient (Wildman–Crippen LogP) is -0.324. The van der Waals surface area contributed by atoms with E-state index >= 15 is 0 Å². The Bertz CT molecular complexity index is 230. The maximum atomic E-state index is 11.3. The highest BCUT2D eigenvalue weighted by atomic mass is 32.2. The van der Waals surface area contributed by atoms with Crippen LogP contribution in [0.4, 0.5) is 0 Å². The third-order valence-corrected chi connectivity index (χ3v) is 3.91. The third-order valence-electron chi connectivity index (χ3n) is 2.01. The van der Waals surface area contributed by atoms with Gasteiger partial charge in [0.1, 0.15) is 0 Å². The summed E-state index contributed by atoms with van der Waals surface area (Å²) in [6, 6.07) is 0.0948. The second-order valence-electron chi connectivity index (χ2n) is 3.40. The van der Waals surface area contributed by atoms with Gasteiger partial charge in [-0.3, -0.25) is 0 Å². The molecule has 0 amide bonds. The van der Waals surface area contributed by atoms with Crippen molar-refractivity contribution >= 4 is 10.0 Å². The van der Waals surface area contributed by atoms with E-state index in [4.69, 9.17) is 0 Å². The molecule has 12 heavy (non-hydrogen) atoms. The molecule has 1 saturated heterocycles. The standard InChI is InChI=1S/C7H16N2O2S/c1-6(2)12(10,11)9-7-3-4-8-5-7/h6-9H,3-5H2,1-2H3/t7-/m0/s1. The van der Waals surface area contributed by atoms with Gasteiger partial charge in [-0.15, -0.1) is 0 Å². The molecule has 0 radical (unpaired) electrons. The minimum atomic E-state index is -3.07. The van der Waals surface area contributed by atoms with Crippen molar-refractivity contribution in [2.75, 3.05) is 13.1 Å². The van der Waals surface area contributed by atoms with Crippen LogP contribution in [0.2, 0.25) is 0 Å². The number of hydrogen-bond donors (Lipinski definition) is 2. The smallest absolute Gasteiger partial charge is 0.214 e. The molecule has 1 aliphatic heterocycles. The summed E-state index contributed by atoms with van der Waals surface area (Å²) in [6.07, 6.45) is 0.895. The van der Waals surface area contributed by atoms with Crippen LogP contribution >= 0.6 is 0 Å². The molecule has 0 aliphatic carbocycles. The average molecular weight is 192 g/mol. The normalized spacial score (nSPS) is 25.1. The van der Waals surface area contributed by atoms with E-state index < -0.39 is 10.0 Å². The Hall–Kier alpha value is -0.130. The minimum Gasteiger partial charge on any atom is -0.315 e. The van der Waals surface area contributed by atoms with Crippen LogP contribution in [0.3, 0.4) is 0 Å². The van der Waals surface area contributed by atoms with Crippen molar-refractivity contribution in [3.05, 3.63) is 0 Å². The van der Waals surface area contributed by atoms with Gasteiger partial charge >= 0.3 is 0 Å². The largest absolute Gasteiger partial charge is 0.315 e. The number of hydrogen-bond acceptors (Lipinski definition) is 3. The summed E-state index contributed by atoms with van der Waals surface area (Å²) in [5.41, 5.74) is 0. The predicted molar refractivity (Wildman–Crippen MR) is 48.5 cm³/mol. The highest BCUT2D eigenvalue weighted by Gasteiger charge is 2.23. The van der Waals surface area contributed by atoms with E-state index in [-0.39, 0.29) is 11.3 Å². The molecule has 1 atom stereocenters. The Morgan fingerprint density at radius 1 is 1.50 bits per heavy atom. The summed E-state index contributed by atoms with van der Waals surface area (Å²) in [4.78, 5) is 0. The molecular weight excluding hydrogens is 176 g/mol. The topological polar surface area (TPSA) is 58.2 Å². The maximum Gasteiger partial charge on any atom is 0.214 e. The quantitative estimate of drug-likeness (QED) is 0.644. The average Bonchev–Trinajstić information content (AvgIpc) is 2.38. The first-order valence-corrected chi connectivity index (χ1v) is 5.79. The molecule has 1 rings (SSSR count). The fourth-order valence-corrected chi connectivity index (χ4v) is 2.06. The van der Waals surface area contributed by atoms with Gasteiger partial charge in [0.15, 0.2) is 0 Å².